The highest BCUT2D eigenvalue weighted by atomic mass is 16.1. The second-order valence-electron chi connectivity index (χ2n) is 12.9. The van der Waals surface area contributed by atoms with Crippen LogP contribution in [0.2, 0.25) is 0 Å². The molecule has 166 valence electrons. The van der Waals surface area contributed by atoms with Gasteiger partial charge in [0.2, 0.25) is 0 Å². The van der Waals surface area contributed by atoms with Crippen molar-refractivity contribution in [2.45, 2.75) is 112 Å². The highest BCUT2D eigenvalue weighted by molar-refractivity contribution is 5.79. The minimum Gasteiger partial charge on any atom is -0.300 e. The zero-order valence-electron chi connectivity index (χ0n) is 20.3. The molecule has 4 aliphatic carbocycles. The van der Waals surface area contributed by atoms with Gasteiger partial charge in [0.1, 0.15) is 5.78 Å². The Morgan fingerprint density at radius 2 is 1.59 bits per heavy atom. The zero-order chi connectivity index (χ0) is 21.0. The number of carbonyl (C=O) groups excluding carboxylic acids is 1. The lowest BCUT2D eigenvalue weighted by molar-refractivity contribution is -0.140. The molecule has 0 radical (unpaired) electrons. The first kappa shape index (κ1) is 21.9. The lowest BCUT2D eigenvalue weighted by Crippen LogP contribution is -2.53. The number of rotatable bonds is 5. The van der Waals surface area contributed by atoms with Crippen molar-refractivity contribution in [1.82, 2.24) is 0 Å². The SMILES string of the molecule is CC(C)[C@@H](C)CC[C@@H](C)[C@H]1CC[C@@H]2[C@@H]3CC[C@H]4CC(=O)CC[C@]4(C)[C@@H]3CC[C@@]21C. The quantitative estimate of drug-likeness (QED) is 0.458. The van der Waals surface area contributed by atoms with Gasteiger partial charge in [0.25, 0.3) is 0 Å². The van der Waals surface area contributed by atoms with Gasteiger partial charge in [-0.2, -0.15) is 0 Å². The molecule has 0 aromatic heterocycles. The maximum absolute atomic E-state index is 12.1. The van der Waals surface area contributed by atoms with Crippen LogP contribution in [0.1, 0.15) is 112 Å². The molecular weight excluding hydrogens is 352 g/mol. The molecule has 0 aromatic carbocycles. The molecule has 0 amide bonds. The Morgan fingerprint density at radius 3 is 2.31 bits per heavy atom. The van der Waals surface area contributed by atoms with Gasteiger partial charge in [-0.15, -0.1) is 0 Å². The fraction of sp³-hybridized carbons (Fsp3) is 0.964. The van der Waals surface area contributed by atoms with Crippen molar-refractivity contribution in [3.8, 4) is 0 Å². The summed E-state index contributed by atoms with van der Waals surface area (Å²) in [4.78, 5) is 12.1. The first-order valence-corrected chi connectivity index (χ1v) is 13.2. The number of hydrogen-bond acceptors (Lipinski definition) is 1. The minimum absolute atomic E-state index is 0.467. The topological polar surface area (TPSA) is 17.1 Å². The molecule has 0 bridgehead atoms. The van der Waals surface area contributed by atoms with E-state index < -0.39 is 0 Å². The van der Waals surface area contributed by atoms with E-state index >= 15 is 0 Å². The van der Waals surface area contributed by atoms with Crippen LogP contribution in [0.25, 0.3) is 0 Å². The fourth-order valence-corrected chi connectivity index (χ4v) is 9.08. The average molecular weight is 401 g/mol. The number of carbonyl (C=O) groups is 1. The Bertz CT molecular complexity index is 607. The summed E-state index contributed by atoms with van der Waals surface area (Å²) in [6.07, 6.45) is 14.4. The molecule has 9 atom stereocenters. The van der Waals surface area contributed by atoms with Gasteiger partial charge in [-0.1, -0.05) is 54.4 Å². The molecular formula is C28H48O. The highest BCUT2D eigenvalue weighted by Crippen LogP contribution is 2.68. The summed E-state index contributed by atoms with van der Waals surface area (Å²) in [5, 5.41) is 0. The number of Topliss-reactive ketones (excluding diaryl/α,β-unsaturated/α-hetero) is 1. The van der Waals surface area contributed by atoms with Crippen molar-refractivity contribution < 1.29 is 4.79 Å². The highest BCUT2D eigenvalue weighted by Gasteiger charge is 2.60. The van der Waals surface area contributed by atoms with Crippen molar-refractivity contribution in [3.63, 3.8) is 0 Å². The summed E-state index contributed by atoms with van der Waals surface area (Å²) in [6, 6.07) is 0. The molecule has 0 N–H and O–H groups in total. The first-order valence-electron chi connectivity index (χ1n) is 13.2. The second-order valence-corrected chi connectivity index (χ2v) is 12.9. The van der Waals surface area contributed by atoms with Gasteiger partial charge in [0.05, 0.1) is 0 Å². The third-order valence-electron chi connectivity index (χ3n) is 11.5. The molecule has 0 saturated heterocycles. The van der Waals surface area contributed by atoms with Crippen molar-refractivity contribution in [3.05, 3.63) is 0 Å². The first-order chi connectivity index (χ1) is 13.7. The van der Waals surface area contributed by atoms with Gasteiger partial charge in [-0.25, -0.2) is 0 Å². The Kier molecular flexibility index (Phi) is 6.02. The van der Waals surface area contributed by atoms with E-state index in [4.69, 9.17) is 0 Å². The third-order valence-corrected chi connectivity index (χ3v) is 11.5. The predicted octanol–water partition coefficient (Wildman–Crippen LogP) is 7.92. The van der Waals surface area contributed by atoms with E-state index in [0.717, 1.165) is 54.3 Å². The average Bonchev–Trinajstić information content (AvgIpc) is 3.03. The predicted molar refractivity (Wildman–Crippen MR) is 123 cm³/mol. The maximum Gasteiger partial charge on any atom is 0.133 e. The Labute approximate surface area is 181 Å². The molecule has 0 spiro atoms. The van der Waals surface area contributed by atoms with Gasteiger partial charge >= 0.3 is 0 Å². The fourth-order valence-electron chi connectivity index (χ4n) is 9.08. The summed E-state index contributed by atoms with van der Waals surface area (Å²) in [7, 11) is 0. The van der Waals surface area contributed by atoms with Gasteiger partial charge in [0.15, 0.2) is 0 Å². The van der Waals surface area contributed by atoms with Crippen LogP contribution in [0.3, 0.4) is 0 Å². The third kappa shape index (κ3) is 3.65. The van der Waals surface area contributed by atoms with Gasteiger partial charge in [-0.05, 0) is 103 Å². The Hall–Kier alpha value is -0.330. The van der Waals surface area contributed by atoms with Crippen LogP contribution in [0, 0.1) is 58.2 Å². The van der Waals surface area contributed by atoms with E-state index in [1.807, 2.05) is 0 Å². The molecule has 4 fully saturated rings. The van der Waals surface area contributed by atoms with Crippen LogP contribution in [0.15, 0.2) is 0 Å². The Morgan fingerprint density at radius 1 is 0.862 bits per heavy atom. The molecule has 0 aromatic rings. The molecule has 1 nitrogen and oxygen atoms in total. The normalized spacial score (nSPS) is 46.7. The molecule has 0 aliphatic heterocycles. The summed E-state index contributed by atoms with van der Waals surface area (Å²) in [6.45, 7) is 15.1. The van der Waals surface area contributed by atoms with E-state index in [-0.39, 0.29) is 0 Å². The summed E-state index contributed by atoms with van der Waals surface area (Å²) < 4.78 is 0. The number of hydrogen-bond donors (Lipinski definition) is 0. The van der Waals surface area contributed by atoms with Gasteiger partial charge in [0, 0.05) is 12.8 Å². The van der Waals surface area contributed by atoms with E-state index in [9.17, 15) is 4.79 Å². The van der Waals surface area contributed by atoms with Crippen LogP contribution in [-0.4, -0.2) is 5.78 Å². The standard InChI is InChI=1S/C28H48O/c1-18(2)19(3)7-8-20(4)24-11-12-25-23-10-9-21-17-22(29)13-15-27(21,5)26(23)14-16-28(24,25)6/h18-21,23-26H,7-17H2,1-6H3/t19-,20+,21-,23-,24+,25+,26+,27-,28+/m0/s1. The molecule has 4 aliphatic rings. The molecule has 4 rings (SSSR count). The lowest BCUT2D eigenvalue weighted by Gasteiger charge is -2.60. The van der Waals surface area contributed by atoms with Crippen LogP contribution < -0.4 is 0 Å². The molecule has 0 unspecified atom stereocenters. The van der Waals surface area contributed by atoms with Crippen molar-refractivity contribution in [2.24, 2.45) is 58.2 Å². The molecule has 4 saturated carbocycles. The van der Waals surface area contributed by atoms with Crippen LogP contribution in [0.5, 0.6) is 0 Å². The smallest absolute Gasteiger partial charge is 0.133 e. The molecule has 29 heavy (non-hydrogen) atoms. The summed E-state index contributed by atoms with van der Waals surface area (Å²) in [5.41, 5.74) is 1.06. The van der Waals surface area contributed by atoms with Gasteiger partial charge < -0.3 is 0 Å². The van der Waals surface area contributed by atoms with Crippen LogP contribution in [-0.2, 0) is 4.79 Å². The zero-order valence-corrected chi connectivity index (χ0v) is 20.3. The van der Waals surface area contributed by atoms with Crippen molar-refractivity contribution in [2.75, 3.05) is 0 Å². The summed E-state index contributed by atoms with van der Waals surface area (Å²) in [5.74, 6) is 7.60. The van der Waals surface area contributed by atoms with Crippen molar-refractivity contribution >= 4 is 5.78 Å². The van der Waals surface area contributed by atoms with Crippen LogP contribution >= 0.6 is 0 Å². The van der Waals surface area contributed by atoms with Crippen molar-refractivity contribution in [1.29, 1.82) is 0 Å². The van der Waals surface area contributed by atoms with E-state index in [0.29, 0.717) is 22.5 Å². The number of ketones is 1. The van der Waals surface area contributed by atoms with Crippen LogP contribution in [0.4, 0.5) is 0 Å². The van der Waals surface area contributed by atoms with E-state index in [2.05, 4.69) is 41.5 Å². The summed E-state index contributed by atoms with van der Waals surface area (Å²) >= 11 is 0. The largest absolute Gasteiger partial charge is 0.300 e. The lowest BCUT2D eigenvalue weighted by atomic mass is 9.44. The molecule has 0 heterocycles. The monoisotopic (exact) mass is 400 g/mol. The van der Waals surface area contributed by atoms with Gasteiger partial charge in [-0.3, -0.25) is 4.79 Å². The minimum atomic E-state index is 0.467. The maximum atomic E-state index is 12.1. The van der Waals surface area contributed by atoms with E-state index in [1.165, 1.54) is 57.8 Å². The second kappa shape index (κ2) is 7.98. The molecule has 1 heteroatoms. The van der Waals surface area contributed by atoms with E-state index in [1.54, 1.807) is 0 Å². The number of fused-ring (bicyclic) bond motifs is 5. The Balaban J connectivity index is 1.46.